The molecule has 0 aromatic heterocycles. The quantitative estimate of drug-likeness (QED) is 0.888. The van der Waals surface area contributed by atoms with Gasteiger partial charge in [0.05, 0.1) is 5.56 Å². The molecule has 0 saturated carbocycles. The fraction of sp³-hybridized carbons (Fsp3) is 0.533. The van der Waals surface area contributed by atoms with E-state index in [2.05, 4.69) is 5.32 Å². The Balaban J connectivity index is 1.90. The second-order valence-electron chi connectivity index (χ2n) is 5.32. The van der Waals surface area contributed by atoms with Gasteiger partial charge >= 0.3 is 0 Å². The van der Waals surface area contributed by atoms with Crippen LogP contribution in [-0.2, 0) is 0 Å². The average Bonchev–Trinajstić information content (AvgIpc) is 2.45. The normalized spacial score (nSPS) is 18.8. The molecule has 1 amide bonds. The minimum absolute atomic E-state index is 0.144. The molecule has 0 bridgehead atoms. The first kappa shape index (κ1) is 14.8. The Labute approximate surface area is 118 Å². The van der Waals surface area contributed by atoms with Crippen LogP contribution in [0.15, 0.2) is 18.2 Å². The molecule has 0 aliphatic carbocycles. The smallest absolute Gasteiger partial charge is 0.257 e. The van der Waals surface area contributed by atoms with E-state index in [0.29, 0.717) is 12.6 Å². The first-order chi connectivity index (χ1) is 9.58. The third-order valence-electron chi connectivity index (χ3n) is 3.76. The van der Waals surface area contributed by atoms with Gasteiger partial charge in [-0.25, -0.2) is 4.39 Å². The second kappa shape index (κ2) is 6.70. The summed E-state index contributed by atoms with van der Waals surface area (Å²) in [7, 11) is 1.70. The summed E-state index contributed by atoms with van der Waals surface area (Å²) in [5.74, 6) is -1.14. The van der Waals surface area contributed by atoms with Gasteiger partial charge in [0, 0.05) is 25.7 Å². The lowest BCUT2D eigenvalue weighted by molar-refractivity contribution is 0.0785. The summed E-state index contributed by atoms with van der Waals surface area (Å²) >= 11 is 0. The molecule has 1 aliphatic heterocycles. The molecule has 0 radical (unpaired) electrons. The zero-order valence-corrected chi connectivity index (χ0v) is 11.7. The number of hydrogen-bond donors (Lipinski definition) is 2. The number of phenols is 1. The van der Waals surface area contributed by atoms with Gasteiger partial charge in [-0.2, -0.15) is 0 Å². The molecule has 1 saturated heterocycles. The van der Waals surface area contributed by atoms with Crippen molar-refractivity contribution in [2.24, 2.45) is 0 Å². The summed E-state index contributed by atoms with van der Waals surface area (Å²) < 4.78 is 12.9. The molecule has 5 heteroatoms. The minimum atomic E-state index is -0.548. The molecule has 1 fully saturated rings. The van der Waals surface area contributed by atoms with Gasteiger partial charge < -0.3 is 15.3 Å². The highest BCUT2D eigenvalue weighted by Gasteiger charge is 2.18. The van der Waals surface area contributed by atoms with Crippen LogP contribution >= 0.6 is 0 Å². The topological polar surface area (TPSA) is 52.6 Å². The van der Waals surface area contributed by atoms with Crippen LogP contribution in [-0.4, -0.2) is 42.1 Å². The summed E-state index contributed by atoms with van der Waals surface area (Å²) in [5, 5.41) is 13.1. The molecule has 20 heavy (non-hydrogen) atoms. The first-order valence-corrected chi connectivity index (χ1v) is 7.05. The van der Waals surface area contributed by atoms with E-state index in [1.165, 1.54) is 25.0 Å². The van der Waals surface area contributed by atoms with E-state index >= 15 is 0 Å². The summed E-state index contributed by atoms with van der Waals surface area (Å²) in [6.07, 6.45) is 4.48. The Bertz CT molecular complexity index is 473. The van der Waals surface area contributed by atoms with Gasteiger partial charge in [0.25, 0.3) is 5.91 Å². The lowest BCUT2D eigenvalue weighted by Gasteiger charge is -2.26. The number of aromatic hydroxyl groups is 1. The number of phenolic OH excluding ortho intramolecular Hbond substituents is 1. The Kier molecular flexibility index (Phi) is 4.95. The number of carbonyl (C=O) groups excluding carboxylic acids is 1. The van der Waals surface area contributed by atoms with Crippen molar-refractivity contribution in [3.05, 3.63) is 29.6 Å². The van der Waals surface area contributed by atoms with Crippen LogP contribution in [0.2, 0.25) is 0 Å². The number of amides is 1. The van der Waals surface area contributed by atoms with Crippen LogP contribution in [0.5, 0.6) is 5.75 Å². The molecule has 0 spiro atoms. The molecule has 1 atom stereocenters. The van der Waals surface area contributed by atoms with Crippen LogP contribution in [0.4, 0.5) is 4.39 Å². The average molecular weight is 280 g/mol. The largest absolute Gasteiger partial charge is 0.507 e. The Morgan fingerprint density at radius 3 is 2.95 bits per heavy atom. The number of nitrogens with zero attached hydrogens (tertiary/aromatic N) is 1. The monoisotopic (exact) mass is 280 g/mol. The highest BCUT2D eigenvalue weighted by Crippen LogP contribution is 2.20. The zero-order chi connectivity index (χ0) is 14.5. The Morgan fingerprint density at radius 1 is 1.50 bits per heavy atom. The Hall–Kier alpha value is -1.62. The lowest BCUT2D eigenvalue weighted by Crippen LogP contribution is -2.38. The van der Waals surface area contributed by atoms with Crippen molar-refractivity contribution in [3.63, 3.8) is 0 Å². The standard InChI is InChI=1S/C15H21FN2O2/c1-18(9-7-12-4-2-3-8-17-12)15(20)13-6-5-11(16)10-14(13)19/h5-6,10,12,17,19H,2-4,7-9H2,1H3. The van der Waals surface area contributed by atoms with Gasteiger partial charge in [0.1, 0.15) is 11.6 Å². The van der Waals surface area contributed by atoms with Gasteiger partial charge in [0.15, 0.2) is 0 Å². The molecule has 2 rings (SSSR count). The molecular weight excluding hydrogens is 259 g/mol. The highest BCUT2D eigenvalue weighted by atomic mass is 19.1. The molecule has 4 nitrogen and oxygen atoms in total. The Morgan fingerprint density at radius 2 is 2.30 bits per heavy atom. The van der Waals surface area contributed by atoms with Crippen molar-refractivity contribution in [2.75, 3.05) is 20.1 Å². The molecule has 1 aromatic rings. The summed E-state index contributed by atoms with van der Waals surface area (Å²) in [4.78, 5) is 13.7. The van der Waals surface area contributed by atoms with Crippen LogP contribution in [0.3, 0.4) is 0 Å². The summed E-state index contributed by atoms with van der Waals surface area (Å²) in [6.45, 7) is 1.66. The number of nitrogens with one attached hydrogen (secondary N) is 1. The van der Waals surface area contributed by atoms with Crippen molar-refractivity contribution in [3.8, 4) is 5.75 Å². The van der Waals surface area contributed by atoms with Crippen molar-refractivity contribution in [2.45, 2.75) is 31.7 Å². The molecule has 1 aromatic carbocycles. The van der Waals surface area contributed by atoms with E-state index in [4.69, 9.17) is 0 Å². The first-order valence-electron chi connectivity index (χ1n) is 7.05. The molecule has 1 heterocycles. The van der Waals surface area contributed by atoms with Crippen LogP contribution < -0.4 is 5.32 Å². The number of rotatable bonds is 4. The molecule has 2 N–H and O–H groups in total. The van der Waals surface area contributed by atoms with Crippen molar-refractivity contribution in [1.29, 1.82) is 0 Å². The van der Waals surface area contributed by atoms with Crippen LogP contribution in [0, 0.1) is 5.82 Å². The third-order valence-corrected chi connectivity index (χ3v) is 3.76. The minimum Gasteiger partial charge on any atom is -0.507 e. The van der Waals surface area contributed by atoms with Crippen molar-refractivity contribution in [1.82, 2.24) is 10.2 Å². The van der Waals surface area contributed by atoms with Gasteiger partial charge in [-0.05, 0) is 37.9 Å². The number of carbonyl (C=O) groups is 1. The van der Waals surface area contributed by atoms with Gasteiger partial charge in [-0.15, -0.1) is 0 Å². The highest BCUT2D eigenvalue weighted by molar-refractivity contribution is 5.96. The molecular formula is C15H21FN2O2. The maximum absolute atomic E-state index is 12.9. The maximum Gasteiger partial charge on any atom is 0.257 e. The molecule has 110 valence electrons. The lowest BCUT2D eigenvalue weighted by atomic mass is 10.0. The van der Waals surface area contributed by atoms with Crippen molar-refractivity contribution < 1.29 is 14.3 Å². The molecule has 1 aliphatic rings. The number of hydrogen-bond acceptors (Lipinski definition) is 3. The summed E-state index contributed by atoms with van der Waals surface area (Å²) in [6, 6.07) is 3.93. The van der Waals surface area contributed by atoms with E-state index in [1.54, 1.807) is 11.9 Å². The maximum atomic E-state index is 12.9. The van der Waals surface area contributed by atoms with E-state index in [-0.39, 0.29) is 17.2 Å². The fourth-order valence-electron chi connectivity index (χ4n) is 2.51. The molecule has 1 unspecified atom stereocenters. The second-order valence-corrected chi connectivity index (χ2v) is 5.32. The van der Waals surface area contributed by atoms with Gasteiger partial charge in [-0.1, -0.05) is 6.42 Å². The predicted octanol–water partition coefficient (Wildman–Crippen LogP) is 2.14. The van der Waals surface area contributed by atoms with Gasteiger partial charge in [0.2, 0.25) is 0 Å². The summed E-state index contributed by atoms with van der Waals surface area (Å²) in [5.41, 5.74) is 0.144. The van der Waals surface area contributed by atoms with Crippen LogP contribution in [0.1, 0.15) is 36.0 Å². The van der Waals surface area contributed by atoms with Crippen molar-refractivity contribution >= 4 is 5.91 Å². The predicted molar refractivity (Wildman–Crippen MR) is 75.3 cm³/mol. The van der Waals surface area contributed by atoms with E-state index in [9.17, 15) is 14.3 Å². The van der Waals surface area contributed by atoms with E-state index in [1.807, 2.05) is 0 Å². The zero-order valence-electron chi connectivity index (χ0n) is 11.7. The van der Waals surface area contributed by atoms with Crippen LogP contribution in [0.25, 0.3) is 0 Å². The van der Waals surface area contributed by atoms with E-state index in [0.717, 1.165) is 25.5 Å². The number of halogens is 1. The van der Waals surface area contributed by atoms with Gasteiger partial charge in [-0.3, -0.25) is 4.79 Å². The third kappa shape index (κ3) is 3.70. The number of piperidine rings is 1. The fourth-order valence-corrected chi connectivity index (χ4v) is 2.51. The number of benzene rings is 1. The van der Waals surface area contributed by atoms with E-state index < -0.39 is 5.82 Å². The SMILES string of the molecule is CN(CCC1CCCCN1)C(=O)c1ccc(F)cc1O.